The summed E-state index contributed by atoms with van der Waals surface area (Å²) in [5.74, 6) is -0.246. The van der Waals surface area contributed by atoms with Gasteiger partial charge in [-0.25, -0.2) is 4.39 Å². The Labute approximate surface area is 107 Å². The fraction of sp³-hybridized carbons (Fsp3) is 0.538. The van der Waals surface area contributed by atoms with E-state index >= 15 is 0 Å². The van der Waals surface area contributed by atoms with E-state index < -0.39 is 5.82 Å². The number of hydrogen-bond acceptors (Lipinski definition) is 2. The summed E-state index contributed by atoms with van der Waals surface area (Å²) in [6.07, 6.45) is 1.91. The van der Waals surface area contributed by atoms with E-state index in [0.29, 0.717) is 12.6 Å². The molecule has 0 amide bonds. The molecule has 0 aromatic heterocycles. The lowest BCUT2D eigenvalue weighted by Gasteiger charge is -2.09. The van der Waals surface area contributed by atoms with E-state index in [4.69, 9.17) is 16.3 Å². The third-order valence-electron chi connectivity index (χ3n) is 2.30. The van der Waals surface area contributed by atoms with Gasteiger partial charge in [0.25, 0.3) is 0 Å². The smallest absolute Gasteiger partial charge is 0.183 e. The number of halogens is 2. The zero-order valence-corrected chi connectivity index (χ0v) is 11.1. The van der Waals surface area contributed by atoms with Crippen LogP contribution in [-0.2, 0) is 0 Å². The monoisotopic (exact) mass is 259 g/mol. The van der Waals surface area contributed by atoms with Gasteiger partial charge in [0.15, 0.2) is 11.6 Å². The minimum Gasteiger partial charge on any atom is -0.490 e. The average molecular weight is 260 g/mol. The summed E-state index contributed by atoms with van der Waals surface area (Å²) in [6.45, 7) is 5.69. The van der Waals surface area contributed by atoms with Crippen molar-refractivity contribution in [1.82, 2.24) is 5.32 Å². The molecular formula is C13H19ClFNO. The molecule has 0 spiro atoms. The minimum absolute atomic E-state index is 0.101. The first kappa shape index (κ1) is 14.3. The molecule has 96 valence electrons. The van der Waals surface area contributed by atoms with Gasteiger partial charge in [-0.1, -0.05) is 31.5 Å². The van der Waals surface area contributed by atoms with Gasteiger partial charge in [-0.15, -0.1) is 0 Å². The zero-order valence-electron chi connectivity index (χ0n) is 10.3. The molecule has 0 atom stereocenters. The highest BCUT2D eigenvalue weighted by Crippen LogP contribution is 2.24. The first-order chi connectivity index (χ1) is 8.11. The quantitative estimate of drug-likeness (QED) is 0.755. The van der Waals surface area contributed by atoms with Crippen molar-refractivity contribution in [3.63, 3.8) is 0 Å². The normalized spacial score (nSPS) is 10.9. The van der Waals surface area contributed by atoms with Crippen molar-refractivity contribution >= 4 is 11.6 Å². The van der Waals surface area contributed by atoms with Crippen molar-refractivity contribution in [3.05, 3.63) is 29.0 Å². The molecule has 17 heavy (non-hydrogen) atoms. The molecule has 0 unspecified atom stereocenters. The lowest BCUT2D eigenvalue weighted by atomic mass is 10.3. The van der Waals surface area contributed by atoms with Crippen molar-refractivity contribution in [2.24, 2.45) is 0 Å². The second-order valence-electron chi connectivity index (χ2n) is 4.22. The molecule has 0 aliphatic rings. The van der Waals surface area contributed by atoms with E-state index in [-0.39, 0.29) is 10.8 Å². The molecule has 0 aliphatic heterocycles. The molecule has 0 fully saturated rings. The minimum atomic E-state index is -0.477. The summed E-state index contributed by atoms with van der Waals surface area (Å²) in [5.41, 5.74) is 0. The molecular weight excluding hydrogens is 241 g/mol. The van der Waals surface area contributed by atoms with Crippen LogP contribution in [0.15, 0.2) is 18.2 Å². The largest absolute Gasteiger partial charge is 0.490 e. The fourth-order valence-electron chi connectivity index (χ4n) is 1.40. The summed E-state index contributed by atoms with van der Waals surface area (Å²) in [7, 11) is 0. The summed E-state index contributed by atoms with van der Waals surface area (Å²) in [5, 5.41) is 3.41. The van der Waals surface area contributed by atoms with Crippen molar-refractivity contribution in [2.75, 3.05) is 13.2 Å². The fourth-order valence-corrected chi connectivity index (χ4v) is 1.56. The van der Waals surface area contributed by atoms with E-state index in [1.807, 2.05) is 0 Å². The average Bonchev–Trinajstić information content (AvgIpc) is 2.28. The Morgan fingerprint density at radius 2 is 2.12 bits per heavy atom. The van der Waals surface area contributed by atoms with E-state index in [1.165, 1.54) is 6.07 Å². The summed E-state index contributed by atoms with van der Waals surface area (Å²) < 4.78 is 18.8. The van der Waals surface area contributed by atoms with Crippen LogP contribution in [0.2, 0.25) is 5.02 Å². The second kappa shape index (κ2) is 7.51. The first-order valence-corrected chi connectivity index (χ1v) is 6.29. The van der Waals surface area contributed by atoms with Crippen LogP contribution in [0.4, 0.5) is 4.39 Å². The van der Waals surface area contributed by atoms with Gasteiger partial charge in [0, 0.05) is 6.04 Å². The molecule has 0 radical (unpaired) electrons. The standard InChI is InChI=1S/C13H19ClFNO/c1-10(2)16-8-3-4-9-17-12-7-5-6-11(14)13(12)15/h5-7,10,16H,3-4,8-9H2,1-2H3. The molecule has 2 nitrogen and oxygen atoms in total. The van der Waals surface area contributed by atoms with Crippen molar-refractivity contribution in [3.8, 4) is 5.75 Å². The summed E-state index contributed by atoms with van der Waals surface area (Å²) in [4.78, 5) is 0. The molecule has 0 saturated carbocycles. The third-order valence-corrected chi connectivity index (χ3v) is 2.59. The lowest BCUT2D eigenvalue weighted by molar-refractivity contribution is 0.290. The van der Waals surface area contributed by atoms with Gasteiger partial charge in [-0.3, -0.25) is 0 Å². The van der Waals surface area contributed by atoms with E-state index in [1.54, 1.807) is 12.1 Å². The molecule has 0 heterocycles. The number of nitrogens with one attached hydrogen (secondary N) is 1. The van der Waals surface area contributed by atoms with E-state index in [2.05, 4.69) is 19.2 Å². The molecule has 1 aromatic rings. The SMILES string of the molecule is CC(C)NCCCCOc1cccc(Cl)c1F. The Morgan fingerprint density at radius 3 is 2.82 bits per heavy atom. The highest BCUT2D eigenvalue weighted by atomic mass is 35.5. The topological polar surface area (TPSA) is 21.3 Å². The van der Waals surface area contributed by atoms with Crippen molar-refractivity contribution in [1.29, 1.82) is 0 Å². The van der Waals surface area contributed by atoms with Crippen LogP contribution in [-0.4, -0.2) is 19.2 Å². The summed E-state index contributed by atoms with van der Waals surface area (Å²) in [6, 6.07) is 5.28. The van der Waals surface area contributed by atoms with Gasteiger partial charge in [0.05, 0.1) is 11.6 Å². The van der Waals surface area contributed by atoms with Crippen molar-refractivity contribution < 1.29 is 9.13 Å². The second-order valence-corrected chi connectivity index (χ2v) is 4.62. The van der Waals surface area contributed by atoms with Crippen LogP contribution in [0, 0.1) is 5.82 Å². The molecule has 1 rings (SSSR count). The van der Waals surface area contributed by atoms with Crippen LogP contribution in [0.5, 0.6) is 5.75 Å². The van der Waals surface area contributed by atoms with Gasteiger partial charge < -0.3 is 10.1 Å². The van der Waals surface area contributed by atoms with Crippen LogP contribution in [0.25, 0.3) is 0 Å². The Kier molecular flexibility index (Phi) is 6.30. The third kappa shape index (κ3) is 5.37. The van der Waals surface area contributed by atoms with Crippen LogP contribution in [0.1, 0.15) is 26.7 Å². The summed E-state index contributed by atoms with van der Waals surface area (Å²) >= 11 is 5.65. The maximum Gasteiger partial charge on any atom is 0.183 e. The highest BCUT2D eigenvalue weighted by Gasteiger charge is 2.06. The first-order valence-electron chi connectivity index (χ1n) is 5.91. The number of unbranched alkanes of at least 4 members (excludes halogenated alkanes) is 1. The number of ether oxygens (including phenoxy) is 1. The Balaban J connectivity index is 2.20. The maximum atomic E-state index is 13.4. The Hall–Kier alpha value is -0.800. The predicted molar refractivity (Wildman–Crippen MR) is 69.3 cm³/mol. The Bertz CT molecular complexity index is 344. The number of benzene rings is 1. The van der Waals surface area contributed by atoms with Gasteiger partial charge in [-0.05, 0) is 31.5 Å². The maximum absolute atomic E-state index is 13.4. The van der Waals surface area contributed by atoms with Gasteiger partial charge in [-0.2, -0.15) is 0 Å². The van der Waals surface area contributed by atoms with Gasteiger partial charge in [0.2, 0.25) is 0 Å². The molecule has 0 saturated heterocycles. The van der Waals surface area contributed by atoms with Gasteiger partial charge >= 0.3 is 0 Å². The highest BCUT2D eigenvalue weighted by molar-refractivity contribution is 6.30. The molecule has 0 bridgehead atoms. The zero-order chi connectivity index (χ0) is 12.7. The lowest BCUT2D eigenvalue weighted by Crippen LogP contribution is -2.23. The molecule has 0 aliphatic carbocycles. The predicted octanol–water partition coefficient (Wildman–Crippen LogP) is 3.64. The van der Waals surface area contributed by atoms with Crippen molar-refractivity contribution in [2.45, 2.75) is 32.7 Å². The van der Waals surface area contributed by atoms with Gasteiger partial charge in [0.1, 0.15) is 0 Å². The molecule has 1 aromatic carbocycles. The number of hydrogen-bond donors (Lipinski definition) is 1. The van der Waals surface area contributed by atoms with E-state index in [9.17, 15) is 4.39 Å². The van der Waals surface area contributed by atoms with Crippen LogP contribution in [0.3, 0.4) is 0 Å². The van der Waals surface area contributed by atoms with Crippen LogP contribution < -0.4 is 10.1 Å². The van der Waals surface area contributed by atoms with E-state index in [0.717, 1.165) is 19.4 Å². The molecule has 4 heteroatoms. The van der Waals surface area contributed by atoms with Crippen LogP contribution >= 0.6 is 11.6 Å². The number of rotatable bonds is 7. The molecule has 1 N–H and O–H groups in total. The Morgan fingerprint density at radius 1 is 1.35 bits per heavy atom.